The summed E-state index contributed by atoms with van der Waals surface area (Å²) in [5.41, 5.74) is 3.71. The average molecular weight is 323 g/mol. The lowest BCUT2D eigenvalue weighted by atomic mass is 10.1. The van der Waals surface area contributed by atoms with Crippen molar-refractivity contribution in [1.29, 1.82) is 0 Å². The van der Waals surface area contributed by atoms with Crippen molar-refractivity contribution in [3.8, 4) is 0 Å². The number of carbonyl (C=O) groups is 1. The predicted molar refractivity (Wildman–Crippen MR) is 98.1 cm³/mol. The minimum Gasteiger partial charge on any atom is -0.368 e. The Morgan fingerprint density at radius 3 is 2.46 bits per heavy atom. The molecule has 4 heteroatoms. The summed E-state index contributed by atoms with van der Waals surface area (Å²) in [6.45, 7) is 6.60. The molecule has 0 atom stereocenters. The van der Waals surface area contributed by atoms with Gasteiger partial charge in [0, 0.05) is 38.4 Å². The van der Waals surface area contributed by atoms with Crippen molar-refractivity contribution in [3.63, 3.8) is 0 Å². The van der Waals surface area contributed by atoms with Crippen molar-refractivity contribution in [2.75, 3.05) is 37.6 Å². The molecule has 0 aromatic heterocycles. The highest BCUT2D eigenvalue weighted by Crippen LogP contribution is 2.15. The fourth-order valence-corrected chi connectivity index (χ4v) is 3.10. The zero-order valence-corrected chi connectivity index (χ0v) is 14.2. The largest absolute Gasteiger partial charge is 0.368 e. The van der Waals surface area contributed by atoms with Crippen molar-refractivity contribution >= 4 is 11.6 Å². The summed E-state index contributed by atoms with van der Waals surface area (Å²) in [6, 6.07) is 18.8. The summed E-state index contributed by atoms with van der Waals surface area (Å²) in [5, 5.41) is 3.26. The first-order valence-electron chi connectivity index (χ1n) is 8.56. The van der Waals surface area contributed by atoms with E-state index < -0.39 is 0 Å². The molecule has 3 rings (SSSR count). The molecule has 1 fully saturated rings. The van der Waals surface area contributed by atoms with Crippen LogP contribution in [-0.4, -0.2) is 43.5 Å². The molecule has 126 valence electrons. The molecular formula is C20H25N3O. The summed E-state index contributed by atoms with van der Waals surface area (Å²) < 4.78 is 0. The maximum absolute atomic E-state index is 12.3. The Morgan fingerprint density at radius 1 is 1.00 bits per heavy atom. The zero-order chi connectivity index (χ0) is 16.8. The van der Waals surface area contributed by atoms with Crippen molar-refractivity contribution < 1.29 is 4.79 Å². The molecule has 1 N–H and O–H groups in total. The van der Waals surface area contributed by atoms with Gasteiger partial charge in [0.25, 0.3) is 0 Å². The van der Waals surface area contributed by atoms with Crippen molar-refractivity contribution in [2.24, 2.45) is 0 Å². The van der Waals surface area contributed by atoms with E-state index in [0.717, 1.165) is 32.7 Å². The topological polar surface area (TPSA) is 35.6 Å². The highest BCUT2D eigenvalue weighted by molar-refractivity contribution is 5.78. The van der Waals surface area contributed by atoms with Crippen LogP contribution in [0.1, 0.15) is 11.1 Å². The lowest BCUT2D eigenvalue weighted by molar-refractivity contribution is -0.130. The minimum absolute atomic E-state index is 0.190. The van der Waals surface area contributed by atoms with Crippen LogP contribution in [0.25, 0.3) is 0 Å². The zero-order valence-electron chi connectivity index (χ0n) is 14.2. The molecular weight excluding hydrogens is 298 g/mol. The van der Waals surface area contributed by atoms with Gasteiger partial charge in [0.15, 0.2) is 0 Å². The summed E-state index contributed by atoms with van der Waals surface area (Å²) >= 11 is 0. The van der Waals surface area contributed by atoms with Gasteiger partial charge in [-0.15, -0.1) is 0 Å². The van der Waals surface area contributed by atoms with Crippen LogP contribution < -0.4 is 10.2 Å². The normalized spacial score (nSPS) is 14.7. The average Bonchev–Trinajstić information content (AvgIpc) is 2.63. The molecule has 0 spiro atoms. The lowest BCUT2D eigenvalue weighted by Crippen LogP contribution is -2.50. The van der Waals surface area contributed by atoms with Crippen molar-refractivity contribution in [2.45, 2.75) is 13.5 Å². The number of rotatable bonds is 5. The third-order valence-electron chi connectivity index (χ3n) is 4.44. The second-order valence-electron chi connectivity index (χ2n) is 6.30. The maximum Gasteiger partial charge on any atom is 0.236 e. The van der Waals surface area contributed by atoms with Gasteiger partial charge in [-0.3, -0.25) is 4.79 Å². The monoisotopic (exact) mass is 323 g/mol. The first-order valence-corrected chi connectivity index (χ1v) is 8.56. The van der Waals surface area contributed by atoms with E-state index in [9.17, 15) is 4.79 Å². The molecule has 4 nitrogen and oxygen atoms in total. The van der Waals surface area contributed by atoms with Crippen LogP contribution in [0.2, 0.25) is 0 Å². The third kappa shape index (κ3) is 4.36. The number of aryl methyl sites for hydroxylation is 1. The van der Waals surface area contributed by atoms with Gasteiger partial charge in [-0.05, 0) is 24.6 Å². The fourth-order valence-electron chi connectivity index (χ4n) is 3.10. The number of benzene rings is 2. The Labute approximate surface area is 144 Å². The maximum atomic E-state index is 12.3. The molecule has 2 aromatic rings. The third-order valence-corrected chi connectivity index (χ3v) is 4.44. The molecule has 1 aliphatic rings. The van der Waals surface area contributed by atoms with E-state index in [4.69, 9.17) is 0 Å². The second-order valence-corrected chi connectivity index (χ2v) is 6.30. The number of hydrogen-bond donors (Lipinski definition) is 1. The second kappa shape index (κ2) is 7.97. The summed E-state index contributed by atoms with van der Waals surface area (Å²) in [7, 11) is 0. The van der Waals surface area contributed by atoms with Crippen molar-refractivity contribution in [3.05, 3.63) is 65.7 Å². The van der Waals surface area contributed by atoms with E-state index in [1.165, 1.54) is 16.8 Å². The first-order chi connectivity index (χ1) is 11.7. The van der Waals surface area contributed by atoms with Crippen LogP contribution in [0, 0.1) is 6.92 Å². The molecule has 1 aliphatic heterocycles. The van der Waals surface area contributed by atoms with Gasteiger partial charge in [0.2, 0.25) is 5.91 Å². The number of amides is 1. The Kier molecular flexibility index (Phi) is 5.49. The van der Waals surface area contributed by atoms with Crippen LogP contribution in [0.3, 0.4) is 0 Å². The van der Waals surface area contributed by atoms with Crippen LogP contribution in [-0.2, 0) is 11.3 Å². The van der Waals surface area contributed by atoms with Crippen LogP contribution >= 0.6 is 0 Å². The number of hydrogen-bond acceptors (Lipinski definition) is 3. The van der Waals surface area contributed by atoms with E-state index in [2.05, 4.69) is 65.7 Å². The lowest BCUT2D eigenvalue weighted by Gasteiger charge is -2.36. The van der Waals surface area contributed by atoms with Gasteiger partial charge < -0.3 is 15.1 Å². The SMILES string of the molecule is Cc1cccc(CNCC(=O)N2CCN(c3ccccc3)CC2)c1. The molecule has 1 saturated heterocycles. The van der Waals surface area contributed by atoms with Gasteiger partial charge in [0.05, 0.1) is 6.54 Å². The fraction of sp³-hybridized carbons (Fsp3) is 0.350. The van der Waals surface area contributed by atoms with E-state index in [0.29, 0.717) is 6.54 Å². The number of piperazine rings is 1. The predicted octanol–water partition coefficient (Wildman–Crippen LogP) is 2.43. The van der Waals surface area contributed by atoms with E-state index in [-0.39, 0.29) is 5.91 Å². The molecule has 1 heterocycles. The number of para-hydroxylation sites is 1. The Balaban J connectivity index is 1.42. The Hall–Kier alpha value is -2.33. The molecule has 1 amide bonds. The standard InChI is InChI=1S/C20H25N3O/c1-17-6-5-7-18(14-17)15-21-16-20(24)23-12-10-22(11-13-23)19-8-3-2-4-9-19/h2-9,14,21H,10-13,15-16H2,1H3. The molecule has 0 bridgehead atoms. The van der Waals surface area contributed by atoms with E-state index >= 15 is 0 Å². The molecule has 0 aliphatic carbocycles. The highest BCUT2D eigenvalue weighted by Gasteiger charge is 2.20. The van der Waals surface area contributed by atoms with Gasteiger partial charge in [-0.2, -0.15) is 0 Å². The molecule has 2 aromatic carbocycles. The van der Waals surface area contributed by atoms with E-state index in [1.807, 2.05) is 11.0 Å². The van der Waals surface area contributed by atoms with Gasteiger partial charge in [-0.25, -0.2) is 0 Å². The molecule has 0 unspecified atom stereocenters. The van der Waals surface area contributed by atoms with Gasteiger partial charge >= 0.3 is 0 Å². The Bertz CT molecular complexity index is 664. The van der Waals surface area contributed by atoms with Gasteiger partial charge in [0.1, 0.15) is 0 Å². The Morgan fingerprint density at radius 2 is 1.75 bits per heavy atom. The number of carbonyl (C=O) groups excluding carboxylic acids is 1. The van der Waals surface area contributed by atoms with Crippen LogP contribution in [0.15, 0.2) is 54.6 Å². The number of anilines is 1. The van der Waals surface area contributed by atoms with Crippen LogP contribution in [0.5, 0.6) is 0 Å². The summed E-state index contributed by atoms with van der Waals surface area (Å²) in [5.74, 6) is 0.190. The van der Waals surface area contributed by atoms with Gasteiger partial charge in [-0.1, -0.05) is 48.0 Å². The summed E-state index contributed by atoms with van der Waals surface area (Å²) in [4.78, 5) is 16.6. The molecule has 24 heavy (non-hydrogen) atoms. The van der Waals surface area contributed by atoms with Crippen molar-refractivity contribution in [1.82, 2.24) is 10.2 Å². The van der Waals surface area contributed by atoms with E-state index in [1.54, 1.807) is 0 Å². The number of nitrogens with zero attached hydrogens (tertiary/aromatic N) is 2. The smallest absolute Gasteiger partial charge is 0.236 e. The highest BCUT2D eigenvalue weighted by atomic mass is 16.2. The summed E-state index contributed by atoms with van der Waals surface area (Å²) in [6.07, 6.45) is 0. The van der Waals surface area contributed by atoms with Crippen LogP contribution in [0.4, 0.5) is 5.69 Å². The molecule has 0 saturated carbocycles. The molecule has 0 radical (unpaired) electrons. The quantitative estimate of drug-likeness (QED) is 0.918. The first kappa shape index (κ1) is 16.5. The minimum atomic E-state index is 0.190. The number of nitrogens with one attached hydrogen (secondary N) is 1.